The van der Waals surface area contributed by atoms with Crippen LogP contribution in [0.15, 0.2) is 53.7 Å². The van der Waals surface area contributed by atoms with Crippen molar-refractivity contribution >= 4 is 46.3 Å². The van der Waals surface area contributed by atoms with Crippen molar-refractivity contribution in [3.8, 4) is 5.75 Å². The molecule has 7 heteroatoms. The van der Waals surface area contributed by atoms with Gasteiger partial charge in [-0.3, -0.25) is 4.79 Å². The normalized spacial score (nSPS) is 19.1. The summed E-state index contributed by atoms with van der Waals surface area (Å²) in [5.41, 5.74) is 3.50. The fourth-order valence-electron chi connectivity index (χ4n) is 3.80. The first-order valence-corrected chi connectivity index (χ1v) is 10.6. The van der Waals surface area contributed by atoms with Gasteiger partial charge in [0.1, 0.15) is 12.4 Å². The Labute approximate surface area is 185 Å². The average molecular weight is 447 g/mol. The summed E-state index contributed by atoms with van der Waals surface area (Å²) in [6.45, 7) is 0.258. The maximum Gasteiger partial charge on any atom is 0.173 e. The van der Waals surface area contributed by atoms with E-state index in [1.165, 1.54) is 0 Å². The molecule has 150 valence electrons. The highest BCUT2D eigenvalue weighted by Gasteiger charge is 2.35. The third-order valence-corrected chi connectivity index (χ3v) is 6.43. The van der Waals surface area contributed by atoms with E-state index < -0.39 is 0 Å². The van der Waals surface area contributed by atoms with Gasteiger partial charge in [-0.2, -0.15) is 0 Å². The Bertz CT molecular complexity index is 1000. The van der Waals surface area contributed by atoms with Gasteiger partial charge in [0, 0.05) is 40.3 Å². The van der Waals surface area contributed by atoms with Crippen LogP contribution in [-0.4, -0.2) is 22.8 Å². The van der Waals surface area contributed by atoms with Crippen molar-refractivity contribution in [3.63, 3.8) is 0 Å². The minimum Gasteiger partial charge on any atom is -0.489 e. The van der Waals surface area contributed by atoms with E-state index in [9.17, 15) is 4.79 Å². The van der Waals surface area contributed by atoms with Crippen molar-refractivity contribution in [1.29, 1.82) is 0 Å². The van der Waals surface area contributed by atoms with Crippen LogP contribution >= 0.6 is 35.4 Å². The molecule has 29 heavy (non-hydrogen) atoms. The Balaban J connectivity index is 1.62. The van der Waals surface area contributed by atoms with Crippen LogP contribution in [-0.2, 0) is 11.4 Å². The number of ketones is 1. The second-order valence-electron chi connectivity index (χ2n) is 7.14. The van der Waals surface area contributed by atoms with Crippen molar-refractivity contribution in [3.05, 3.63) is 74.9 Å². The Hall–Kier alpha value is -2.08. The summed E-state index contributed by atoms with van der Waals surface area (Å²) >= 11 is 18.0. The van der Waals surface area contributed by atoms with Gasteiger partial charge >= 0.3 is 0 Å². The standard InChI is InChI=1S/C22H20Cl2N2O2S/c1-26-18-9-4-10-19(27)20(18)21(25-22(26)29)13-5-2-6-14(11-13)28-12-15-16(23)7-3-8-17(15)24/h2-3,5-8,11,21H,4,9-10,12H2,1H3,(H,25,29). The van der Waals surface area contributed by atoms with E-state index in [0.717, 1.165) is 35.2 Å². The molecule has 0 aromatic heterocycles. The Morgan fingerprint density at radius 1 is 1.17 bits per heavy atom. The van der Waals surface area contributed by atoms with Gasteiger partial charge in [0.15, 0.2) is 10.9 Å². The molecule has 2 aromatic rings. The molecule has 1 aliphatic carbocycles. The third kappa shape index (κ3) is 4.00. The van der Waals surface area contributed by atoms with E-state index in [4.69, 9.17) is 40.2 Å². The lowest BCUT2D eigenvalue weighted by Gasteiger charge is -2.39. The molecule has 1 aliphatic heterocycles. The molecule has 0 radical (unpaired) electrons. The number of hydrogen-bond acceptors (Lipinski definition) is 3. The van der Waals surface area contributed by atoms with Gasteiger partial charge in [-0.05, 0) is 54.9 Å². The number of rotatable bonds is 4. The predicted molar refractivity (Wildman–Crippen MR) is 119 cm³/mol. The zero-order valence-electron chi connectivity index (χ0n) is 15.9. The maximum atomic E-state index is 12.7. The van der Waals surface area contributed by atoms with E-state index in [1.54, 1.807) is 18.2 Å². The number of nitrogens with one attached hydrogen (secondary N) is 1. The van der Waals surface area contributed by atoms with Crippen molar-refractivity contribution < 1.29 is 9.53 Å². The van der Waals surface area contributed by atoms with Crippen molar-refractivity contribution in [2.45, 2.75) is 31.9 Å². The first kappa shape index (κ1) is 20.2. The maximum absolute atomic E-state index is 12.7. The van der Waals surface area contributed by atoms with Crippen LogP contribution in [0.25, 0.3) is 0 Å². The smallest absolute Gasteiger partial charge is 0.173 e. The number of halogens is 2. The zero-order valence-corrected chi connectivity index (χ0v) is 18.2. The summed E-state index contributed by atoms with van der Waals surface area (Å²) in [4.78, 5) is 14.6. The van der Waals surface area contributed by atoms with Gasteiger partial charge in [0.2, 0.25) is 0 Å². The molecule has 0 saturated heterocycles. The van der Waals surface area contributed by atoms with Crippen LogP contribution in [0.2, 0.25) is 10.0 Å². The molecule has 1 heterocycles. The first-order chi connectivity index (χ1) is 14.0. The number of hydrogen-bond donors (Lipinski definition) is 1. The number of carbonyl (C=O) groups excluding carboxylic acids is 1. The summed E-state index contributed by atoms with van der Waals surface area (Å²) in [6, 6.07) is 12.8. The monoisotopic (exact) mass is 446 g/mol. The fraction of sp³-hybridized carbons (Fsp3) is 0.273. The van der Waals surface area contributed by atoms with E-state index in [2.05, 4.69) is 5.32 Å². The topological polar surface area (TPSA) is 41.6 Å². The van der Waals surface area contributed by atoms with Gasteiger partial charge in [-0.25, -0.2) is 0 Å². The highest BCUT2D eigenvalue weighted by Crippen LogP contribution is 2.37. The largest absolute Gasteiger partial charge is 0.489 e. The summed E-state index contributed by atoms with van der Waals surface area (Å²) < 4.78 is 5.96. The van der Waals surface area contributed by atoms with Gasteiger partial charge < -0.3 is 15.0 Å². The van der Waals surface area contributed by atoms with Crippen molar-refractivity contribution in [2.24, 2.45) is 0 Å². The molecule has 2 aliphatic rings. The molecule has 1 unspecified atom stereocenters. The molecule has 4 rings (SSSR count). The second kappa shape index (κ2) is 8.34. The van der Waals surface area contributed by atoms with Crippen LogP contribution < -0.4 is 10.1 Å². The molecule has 1 atom stereocenters. The van der Waals surface area contributed by atoms with Crippen LogP contribution in [0.5, 0.6) is 5.75 Å². The number of allylic oxidation sites excluding steroid dienone is 1. The van der Waals surface area contributed by atoms with Gasteiger partial charge in [0.05, 0.1) is 6.04 Å². The SMILES string of the molecule is CN1C(=S)NC(c2cccc(OCc3c(Cl)cccc3Cl)c2)C2=C1CCCC2=O. The lowest BCUT2D eigenvalue weighted by Crippen LogP contribution is -2.47. The molecular weight excluding hydrogens is 427 g/mol. The van der Waals surface area contributed by atoms with Gasteiger partial charge in [-0.1, -0.05) is 41.4 Å². The van der Waals surface area contributed by atoms with E-state index in [1.807, 2.05) is 36.2 Å². The number of ether oxygens (including phenoxy) is 1. The van der Waals surface area contributed by atoms with E-state index >= 15 is 0 Å². The van der Waals surface area contributed by atoms with Crippen LogP contribution in [0.3, 0.4) is 0 Å². The Morgan fingerprint density at radius 2 is 1.90 bits per heavy atom. The summed E-state index contributed by atoms with van der Waals surface area (Å²) in [7, 11) is 1.91. The molecule has 0 spiro atoms. The highest BCUT2D eigenvalue weighted by atomic mass is 35.5. The Morgan fingerprint density at radius 3 is 2.66 bits per heavy atom. The lowest BCUT2D eigenvalue weighted by atomic mass is 9.85. The predicted octanol–water partition coefficient (Wildman–Crippen LogP) is 5.44. The minimum atomic E-state index is -0.269. The molecule has 1 N–H and O–H groups in total. The highest BCUT2D eigenvalue weighted by molar-refractivity contribution is 7.80. The van der Waals surface area contributed by atoms with Crippen LogP contribution in [0, 0.1) is 0 Å². The number of thiocarbonyl (C=S) groups is 1. The number of nitrogens with zero attached hydrogens (tertiary/aromatic N) is 1. The average Bonchev–Trinajstić information content (AvgIpc) is 2.71. The molecule has 0 bridgehead atoms. The lowest BCUT2D eigenvalue weighted by molar-refractivity contribution is -0.116. The molecule has 4 nitrogen and oxygen atoms in total. The number of carbonyl (C=O) groups is 1. The van der Waals surface area contributed by atoms with Crippen LogP contribution in [0.1, 0.15) is 36.4 Å². The number of benzene rings is 2. The molecule has 0 saturated carbocycles. The zero-order chi connectivity index (χ0) is 20.5. The summed E-state index contributed by atoms with van der Waals surface area (Å²) in [5, 5.41) is 5.07. The quantitative estimate of drug-likeness (QED) is 0.633. The second-order valence-corrected chi connectivity index (χ2v) is 8.34. The third-order valence-electron chi connectivity index (χ3n) is 5.33. The first-order valence-electron chi connectivity index (χ1n) is 9.42. The van der Waals surface area contributed by atoms with Gasteiger partial charge in [0.25, 0.3) is 0 Å². The molecule has 0 amide bonds. The van der Waals surface area contributed by atoms with Crippen molar-refractivity contribution in [1.82, 2.24) is 10.2 Å². The number of Topliss-reactive ketones (excluding diaryl/α,β-unsaturated/α-hetero) is 1. The Kier molecular flexibility index (Phi) is 5.81. The minimum absolute atomic E-state index is 0.173. The molecular formula is C22H20Cl2N2O2S. The fourth-order valence-corrected chi connectivity index (χ4v) is 4.53. The van der Waals surface area contributed by atoms with Crippen LogP contribution in [0.4, 0.5) is 0 Å². The molecule has 0 fully saturated rings. The summed E-state index contributed by atoms with van der Waals surface area (Å²) in [6.07, 6.45) is 2.29. The van der Waals surface area contributed by atoms with E-state index in [0.29, 0.717) is 27.3 Å². The molecule has 2 aromatic carbocycles. The van der Waals surface area contributed by atoms with Gasteiger partial charge in [-0.15, -0.1) is 0 Å². The summed E-state index contributed by atoms with van der Waals surface area (Å²) in [5.74, 6) is 0.850. The van der Waals surface area contributed by atoms with E-state index in [-0.39, 0.29) is 18.4 Å². The van der Waals surface area contributed by atoms with Crippen molar-refractivity contribution in [2.75, 3.05) is 7.05 Å².